The Morgan fingerprint density at radius 1 is 1.44 bits per heavy atom. The quantitative estimate of drug-likeness (QED) is 0.598. The molecular weight excluding hydrogens is 232 g/mol. The Kier molecular flexibility index (Phi) is 3.26. The third kappa shape index (κ3) is 2.61. The molecule has 1 aromatic carbocycles. The fourth-order valence-electron chi connectivity index (χ4n) is 2.52. The van der Waals surface area contributed by atoms with Crippen LogP contribution in [0.4, 0.5) is 11.4 Å². The van der Waals surface area contributed by atoms with Gasteiger partial charge >= 0.3 is 0 Å². The topological polar surface area (TPSA) is 55.6 Å². The third-order valence-electron chi connectivity index (χ3n) is 2.99. The molecule has 0 amide bonds. The Bertz CT molecular complexity index is 459. The van der Waals surface area contributed by atoms with E-state index in [1.807, 2.05) is 31.7 Å². The van der Waals surface area contributed by atoms with Crippen LogP contribution in [0.5, 0.6) is 0 Å². The first-order chi connectivity index (χ1) is 8.39. The molecule has 1 aliphatic heterocycles. The van der Waals surface area contributed by atoms with Crippen LogP contribution in [0, 0.1) is 10.1 Å². The molecule has 0 bridgehead atoms. The molecule has 0 N–H and O–H groups in total. The van der Waals surface area contributed by atoms with Crippen molar-refractivity contribution in [2.75, 3.05) is 18.0 Å². The highest BCUT2D eigenvalue weighted by Gasteiger charge is 2.33. The minimum atomic E-state index is -0.331. The summed E-state index contributed by atoms with van der Waals surface area (Å²) in [5.74, 6) is 0. The van der Waals surface area contributed by atoms with Crippen molar-refractivity contribution in [2.45, 2.75) is 32.5 Å². The van der Waals surface area contributed by atoms with Gasteiger partial charge in [-0.1, -0.05) is 12.1 Å². The summed E-state index contributed by atoms with van der Waals surface area (Å²) >= 11 is 0. The first-order valence-electron chi connectivity index (χ1n) is 6.05. The molecule has 1 aliphatic rings. The molecule has 1 saturated heterocycles. The highest BCUT2D eigenvalue weighted by atomic mass is 16.6. The van der Waals surface area contributed by atoms with E-state index in [0.717, 1.165) is 0 Å². The summed E-state index contributed by atoms with van der Waals surface area (Å²) in [7, 11) is 0. The van der Waals surface area contributed by atoms with E-state index in [0.29, 0.717) is 18.8 Å². The number of morpholine rings is 1. The maximum atomic E-state index is 11.1. The summed E-state index contributed by atoms with van der Waals surface area (Å²) in [6.07, 6.45) is 0.0635. The van der Waals surface area contributed by atoms with Crippen molar-refractivity contribution in [3.05, 3.63) is 34.4 Å². The van der Waals surface area contributed by atoms with Crippen LogP contribution in [0.15, 0.2) is 24.3 Å². The normalized spacial score (nSPS) is 22.8. The first-order valence-corrected chi connectivity index (χ1v) is 6.05. The second kappa shape index (κ2) is 4.57. The molecule has 0 aromatic heterocycles. The highest BCUT2D eigenvalue weighted by molar-refractivity contribution is 5.63. The van der Waals surface area contributed by atoms with E-state index in [1.165, 1.54) is 0 Å². The number of nitro groups is 1. The number of para-hydroxylation sites is 2. The second-order valence-electron chi connectivity index (χ2n) is 5.31. The average Bonchev–Trinajstić information content (AvgIpc) is 2.26. The molecule has 1 heterocycles. The van der Waals surface area contributed by atoms with Crippen molar-refractivity contribution in [2.24, 2.45) is 0 Å². The molecule has 5 nitrogen and oxygen atoms in total. The predicted octanol–water partition coefficient (Wildman–Crippen LogP) is 2.60. The van der Waals surface area contributed by atoms with Gasteiger partial charge in [-0.3, -0.25) is 10.1 Å². The Balaban J connectivity index is 2.34. The van der Waals surface area contributed by atoms with E-state index in [-0.39, 0.29) is 22.3 Å². The summed E-state index contributed by atoms with van der Waals surface area (Å²) in [5.41, 5.74) is 0.537. The van der Waals surface area contributed by atoms with Gasteiger partial charge in [-0.15, -0.1) is 0 Å². The van der Waals surface area contributed by atoms with Gasteiger partial charge in [0.05, 0.1) is 16.6 Å². The van der Waals surface area contributed by atoms with Gasteiger partial charge in [0, 0.05) is 19.2 Å². The largest absolute Gasteiger partial charge is 0.369 e. The lowest BCUT2D eigenvalue weighted by Gasteiger charge is -2.42. The molecule has 0 aliphatic carbocycles. The van der Waals surface area contributed by atoms with Crippen LogP contribution in [-0.4, -0.2) is 29.7 Å². The van der Waals surface area contributed by atoms with Gasteiger partial charge in [0.1, 0.15) is 5.69 Å². The number of nitro benzene ring substituents is 1. The van der Waals surface area contributed by atoms with E-state index in [9.17, 15) is 10.1 Å². The minimum Gasteiger partial charge on any atom is -0.369 e. The fourth-order valence-corrected chi connectivity index (χ4v) is 2.52. The fraction of sp³-hybridized carbons (Fsp3) is 0.538. The molecule has 1 fully saturated rings. The van der Waals surface area contributed by atoms with Crippen LogP contribution in [-0.2, 0) is 4.74 Å². The maximum absolute atomic E-state index is 11.1. The molecule has 2 rings (SSSR count). The Morgan fingerprint density at radius 3 is 2.72 bits per heavy atom. The molecular formula is C13H18N2O3. The lowest BCUT2D eigenvalue weighted by molar-refractivity contribution is -0.384. The van der Waals surface area contributed by atoms with Crippen LogP contribution < -0.4 is 4.90 Å². The van der Waals surface area contributed by atoms with Crippen molar-refractivity contribution in [1.29, 1.82) is 0 Å². The van der Waals surface area contributed by atoms with E-state index < -0.39 is 0 Å². The summed E-state index contributed by atoms with van der Waals surface area (Å²) in [6.45, 7) is 7.33. The zero-order chi connectivity index (χ0) is 13.3. The van der Waals surface area contributed by atoms with Crippen molar-refractivity contribution >= 4 is 11.4 Å². The van der Waals surface area contributed by atoms with Gasteiger partial charge < -0.3 is 9.64 Å². The zero-order valence-corrected chi connectivity index (χ0v) is 10.9. The van der Waals surface area contributed by atoms with Crippen LogP contribution in [0.25, 0.3) is 0 Å². The van der Waals surface area contributed by atoms with E-state index in [2.05, 4.69) is 0 Å². The molecule has 1 atom stereocenters. The van der Waals surface area contributed by atoms with Gasteiger partial charge in [-0.05, 0) is 26.8 Å². The van der Waals surface area contributed by atoms with Crippen LogP contribution in [0.3, 0.4) is 0 Å². The van der Waals surface area contributed by atoms with Crippen LogP contribution >= 0.6 is 0 Å². The minimum absolute atomic E-state index is 0.0635. The molecule has 18 heavy (non-hydrogen) atoms. The molecule has 0 radical (unpaired) electrons. The molecule has 0 saturated carbocycles. The molecule has 1 aromatic rings. The van der Waals surface area contributed by atoms with Gasteiger partial charge in [0.15, 0.2) is 0 Å². The van der Waals surface area contributed by atoms with E-state index in [1.54, 1.807) is 18.2 Å². The summed E-state index contributed by atoms with van der Waals surface area (Å²) in [6, 6.07) is 6.86. The lowest BCUT2D eigenvalue weighted by atomic mass is 10.0. The summed E-state index contributed by atoms with van der Waals surface area (Å²) in [4.78, 5) is 12.8. The molecule has 0 spiro atoms. The van der Waals surface area contributed by atoms with Crippen molar-refractivity contribution in [1.82, 2.24) is 0 Å². The van der Waals surface area contributed by atoms with Gasteiger partial charge in [-0.25, -0.2) is 0 Å². The predicted molar refractivity (Wildman–Crippen MR) is 69.9 cm³/mol. The number of rotatable bonds is 2. The van der Waals surface area contributed by atoms with Gasteiger partial charge in [-0.2, -0.15) is 0 Å². The van der Waals surface area contributed by atoms with Gasteiger partial charge in [0.25, 0.3) is 5.69 Å². The SMILES string of the molecule is CC1CN(c2ccccc2[N+](=O)[O-])CC(C)(C)O1. The lowest BCUT2D eigenvalue weighted by Crippen LogP contribution is -2.52. The Labute approximate surface area is 107 Å². The third-order valence-corrected chi connectivity index (χ3v) is 2.99. The highest BCUT2D eigenvalue weighted by Crippen LogP contribution is 2.32. The molecule has 98 valence electrons. The molecule has 5 heteroatoms. The van der Waals surface area contributed by atoms with Crippen molar-refractivity contribution in [3.63, 3.8) is 0 Å². The van der Waals surface area contributed by atoms with E-state index in [4.69, 9.17) is 4.74 Å². The van der Waals surface area contributed by atoms with Gasteiger partial charge in [0.2, 0.25) is 0 Å². The zero-order valence-electron chi connectivity index (χ0n) is 10.9. The Hall–Kier alpha value is -1.62. The summed E-state index contributed by atoms with van der Waals surface area (Å²) in [5, 5.41) is 11.1. The first kappa shape index (κ1) is 12.8. The number of ether oxygens (including phenoxy) is 1. The number of anilines is 1. The van der Waals surface area contributed by atoms with E-state index >= 15 is 0 Å². The number of hydrogen-bond donors (Lipinski definition) is 0. The number of hydrogen-bond acceptors (Lipinski definition) is 4. The standard InChI is InChI=1S/C13H18N2O3/c1-10-8-14(9-13(2,3)18-10)11-6-4-5-7-12(11)15(16)17/h4-7,10H,8-9H2,1-3H3. The summed E-state index contributed by atoms with van der Waals surface area (Å²) < 4.78 is 5.81. The van der Waals surface area contributed by atoms with Crippen molar-refractivity contribution < 1.29 is 9.66 Å². The van der Waals surface area contributed by atoms with Crippen LogP contribution in [0.1, 0.15) is 20.8 Å². The van der Waals surface area contributed by atoms with Crippen molar-refractivity contribution in [3.8, 4) is 0 Å². The average molecular weight is 250 g/mol. The smallest absolute Gasteiger partial charge is 0.292 e. The monoisotopic (exact) mass is 250 g/mol. The Morgan fingerprint density at radius 2 is 2.11 bits per heavy atom. The van der Waals surface area contributed by atoms with Crippen LogP contribution in [0.2, 0.25) is 0 Å². The molecule has 1 unspecified atom stereocenters. The number of benzene rings is 1. The second-order valence-corrected chi connectivity index (χ2v) is 5.31. The maximum Gasteiger partial charge on any atom is 0.292 e. The number of nitrogens with zero attached hydrogens (tertiary/aromatic N) is 2.